The predicted molar refractivity (Wildman–Crippen MR) is 70.9 cm³/mol. The molecule has 1 fully saturated rings. The summed E-state index contributed by atoms with van der Waals surface area (Å²) in [5.41, 5.74) is 8.83. The maximum atomic E-state index is 5.79. The minimum atomic E-state index is 0.631. The molecule has 17 heavy (non-hydrogen) atoms. The Labute approximate surface area is 102 Å². The van der Waals surface area contributed by atoms with Crippen LogP contribution in [0, 0.1) is 0 Å². The molecule has 2 aromatic rings. The molecule has 0 unspecified atom stereocenters. The molecule has 1 saturated carbocycles. The first-order valence-electron chi connectivity index (χ1n) is 6.57. The third-order valence-electron chi connectivity index (χ3n) is 3.82. The van der Waals surface area contributed by atoms with Crippen molar-refractivity contribution in [2.75, 3.05) is 5.73 Å². The van der Waals surface area contributed by atoms with Gasteiger partial charge in [0.05, 0.1) is 17.4 Å². The zero-order valence-electron chi connectivity index (χ0n) is 10.1. The predicted octanol–water partition coefficient (Wildman–Crippen LogP) is 3.51. The molecule has 3 heteroatoms. The molecule has 3 nitrogen and oxygen atoms in total. The van der Waals surface area contributed by atoms with Crippen LogP contribution >= 0.6 is 0 Å². The first-order valence-corrected chi connectivity index (χ1v) is 6.57. The van der Waals surface area contributed by atoms with Gasteiger partial charge in [-0.25, -0.2) is 4.98 Å². The lowest BCUT2D eigenvalue weighted by Gasteiger charge is -2.16. The number of nitrogens with two attached hydrogens (primary N) is 1. The van der Waals surface area contributed by atoms with E-state index in [1.54, 1.807) is 0 Å². The summed E-state index contributed by atoms with van der Waals surface area (Å²) in [6.45, 7) is 0. The van der Waals surface area contributed by atoms with Gasteiger partial charge in [0.15, 0.2) is 0 Å². The fraction of sp³-hybridized carbons (Fsp3) is 0.500. The SMILES string of the molecule is Nc1ccc2c(c1)ncn2C1CCCCCC1. The molecule has 0 bridgehead atoms. The van der Waals surface area contributed by atoms with Crippen molar-refractivity contribution in [2.24, 2.45) is 0 Å². The average molecular weight is 229 g/mol. The second-order valence-electron chi connectivity index (χ2n) is 5.05. The van der Waals surface area contributed by atoms with Crippen LogP contribution in [0.2, 0.25) is 0 Å². The van der Waals surface area contributed by atoms with E-state index in [0.29, 0.717) is 6.04 Å². The standard InChI is InChI=1S/C14H19N3/c15-11-7-8-14-13(9-11)16-10-17(14)12-5-3-1-2-4-6-12/h7-10,12H,1-6,15H2. The van der Waals surface area contributed by atoms with Crippen LogP contribution in [-0.4, -0.2) is 9.55 Å². The largest absolute Gasteiger partial charge is 0.399 e. The molecule has 1 aliphatic carbocycles. The van der Waals surface area contributed by atoms with Gasteiger partial charge >= 0.3 is 0 Å². The molecule has 1 aromatic carbocycles. The summed E-state index contributed by atoms with van der Waals surface area (Å²) in [5.74, 6) is 0. The van der Waals surface area contributed by atoms with Crippen LogP contribution in [0.25, 0.3) is 11.0 Å². The topological polar surface area (TPSA) is 43.8 Å². The molecule has 0 atom stereocenters. The molecule has 1 heterocycles. The van der Waals surface area contributed by atoms with E-state index in [1.807, 2.05) is 18.5 Å². The van der Waals surface area contributed by atoms with Crippen LogP contribution in [0.4, 0.5) is 5.69 Å². The van der Waals surface area contributed by atoms with E-state index in [0.717, 1.165) is 11.2 Å². The fourth-order valence-corrected chi connectivity index (χ4v) is 2.88. The van der Waals surface area contributed by atoms with Crippen molar-refractivity contribution in [3.8, 4) is 0 Å². The Morgan fingerprint density at radius 1 is 1.12 bits per heavy atom. The second kappa shape index (κ2) is 4.40. The van der Waals surface area contributed by atoms with Crippen molar-refractivity contribution in [3.05, 3.63) is 24.5 Å². The maximum absolute atomic E-state index is 5.79. The van der Waals surface area contributed by atoms with E-state index in [2.05, 4.69) is 15.6 Å². The number of rotatable bonds is 1. The van der Waals surface area contributed by atoms with Gasteiger partial charge in [-0.15, -0.1) is 0 Å². The van der Waals surface area contributed by atoms with E-state index < -0.39 is 0 Å². The van der Waals surface area contributed by atoms with E-state index in [-0.39, 0.29) is 0 Å². The molecule has 0 spiro atoms. The first-order chi connectivity index (χ1) is 8.34. The number of imidazole rings is 1. The highest BCUT2D eigenvalue weighted by Gasteiger charge is 2.16. The minimum absolute atomic E-state index is 0.631. The lowest BCUT2D eigenvalue weighted by molar-refractivity contribution is 0.454. The van der Waals surface area contributed by atoms with Gasteiger partial charge < -0.3 is 10.3 Å². The third kappa shape index (κ3) is 2.02. The molecule has 3 rings (SSSR count). The van der Waals surface area contributed by atoms with Gasteiger partial charge in [0, 0.05) is 11.7 Å². The highest BCUT2D eigenvalue weighted by molar-refractivity contribution is 5.79. The summed E-state index contributed by atoms with van der Waals surface area (Å²) < 4.78 is 2.35. The summed E-state index contributed by atoms with van der Waals surface area (Å²) in [6, 6.07) is 6.66. The van der Waals surface area contributed by atoms with Crippen molar-refractivity contribution in [3.63, 3.8) is 0 Å². The molecule has 0 saturated heterocycles. The second-order valence-corrected chi connectivity index (χ2v) is 5.05. The van der Waals surface area contributed by atoms with Crippen molar-refractivity contribution in [2.45, 2.75) is 44.6 Å². The highest BCUT2D eigenvalue weighted by Crippen LogP contribution is 2.30. The number of aromatic nitrogens is 2. The summed E-state index contributed by atoms with van der Waals surface area (Å²) in [5, 5.41) is 0. The zero-order valence-corrected chi connectivity index (χ0v) is 10.1. The molecular formula is C14H19N3. The number of hydrogen-bond donors (Lipinski definition) is 1. The lowest BCUT2D eigenvalue weighted by Crippen LogP contribution is -2.06. The van der Waals surface area contributed by atoms with Crippen LogP contribution in [-0.2, 0) is 0 Å². The summed E-state index contributed by atoms with van der Waals surface area (Å²) >= 11 is 0. The Kier molecular flexibility index (Phi) is 2.75. The van der Waals surface area contributed by atoms with Crippen LogP contribution < -0.4 is 5.73 Å². The third-order valence-corrected chi connectivity index (χ3v) is 3.82. The van der Waals surface area contributed by atoms with Gasteiger partial charge in [0.25, 0.3) is 0 Å². The number of benzene rings is 1. The Morgan fingerprint density at radius 3 is 2.65 bits per heavy atom. The molecule has 2 N–H and O–H groups in total. The van der Waals surface area contributed by atoms with E-state index in [4.69, 9.17) is 5.73 Å². The quantitative estimate of drug-likeness (QED) is 0.600. The average Bonchev–Trinajstić information content (AvgIpc) is 2.57. The monoisotopic (exact) mass is 229 g/mol. The minimum Gasteiger partial charge on any atom is -0.399 e. The molecule has 1 aromatic heterocycles. The van der Waals surface area contributed by atoms with Gasteiger partial charge in [-0.1, -0.05) is 25.7 Å². The Balaban J connectivity index is 1.98. The maximum Gasteiger partial charge on any atom is 0.0960 e. The molecule has 0 aliphatic heterocycles. The van der Waals surface area contributed by atoms with E-state index in [1.165, 1.54) is 44.0 Å². The fourth-order valence-electron chi connectivity index (χ4n) is 2.88. The van der Waals surface area contributed by atoms with Crippen molar-refractivity contribution in [1.29, 1.82) is 0 Å². The van der Waals surface area contributed by atoms with Crippen molar-refractivity contribution < 1.29 is 0 Å². The number of nitrogen functional groups attached to an aromatic ring is 1. The smallest absolute Gasteiger partial charge is 0.0960 e. The van der Waals surface area contributed by atoms with E-state index in [9.17, 15) is 0 Å². The summed E-state index contributed by atoms with van der Waals surface area (Å²) in [7, 11) is 0. The van der Waals surface area contributed by atoms with Crippen LogP contribution in [0.3, 0.4) is 0 Å². The van der Waals surface area contributed by atoms with Gasteiger partial charge in [0.1, 0.15) is 0 Å². The number of nitrogens with zero attached hydrogens (tertiary/aromatic N) is 2. The number of anilines is 1. The normalized spacial score (nSPS) is 18.4. The highest BCUT2D eigenvalue weighted by atomic mass is 15.1. The van der Waals surface area contributed by atoms with Gasteiger partial charge in [0.2, 0.25) is 0 Å². The van der Waals surface area contributed by atoms with Crippen LogP contribution in [0.1, 0.15) is 44.6 Å². The number of fused-ring (bicyclic) bond motifs is 1. The zero-order chi connectivity index (χ0) is 11.7. The first kappa shape index (κ1) is 10.6. The Hall–Kier alpha value is -1.51. The van der Waals surface area contributed by atoms with Crippen molar-refractivity contribution >= 4 is 16.7 Å². The molecule has 0 radical (unpaired) electrons. The van der Waals surface area contributed by atoms with E-state index >= 15 is 0 Å². The molecule has 0 amide bonds. The summed E-state index contributed by atoms with van der Waals surface area (Å²) in [4.78, 5) is 4.47. The van der Waals surface area contributed by atoms with Gasteiger partial charge in [-0.3, -0.25) is 0 Å². The molecule has 90 valence electrons. The lowest BCUT2D eigenvalue weighted by atomic mass is 10.1. The number of hydrogen-bond acceptors (Lipinski definition) is 2. The Morgan fingerprint density at radius 2 is 1.88 bits per heavy atom. The summed E-state index contributed by atoms with van der Waals surface area (Å²) in [6.07, 6.45) is 10.0. The van der Waals surface area contributed by atoms with Crippen LogP contribution in [0.5, 0.6) is 0 Å². The van der Waals surface area contributed by atoms with Gasteiger partial charge in [-0.2, -0.15) is 0 Å². The van der Waals surface area contributed by atoms with Crippen LogP contribution in [0.15, 0.2) is 24.5 Å². The molecule has 1 aliphatic rings. The van der Waals surface area contributed by atoms with Gasteiger partial charge in [-0.05, 0) is 31.0 Å². The molecular weight excluding hydrogens is 210 g/mol. The Bertz CT molecular complexity index is 507. The van der Waals surface area contributed by atoms with Crippen molar-refractivity contribution in [1.82, 2.24) is 9.55 Å².